The summed E-state index contributed by atoms with van der Waals surface area (Å²) in [6.07, 6.45) is 1.29. The quantitative estimate of drug-likeness (QED) is 0.810. The molecule has 1 aliphatic rings. The molecule has 1 amide bonds. The van der Waals surface area contributed by atoms with Crippen LogP contribution in [0.5, 0.6) is 0 Å². The zero-order chi connectivity index (χ0) is 17.6. The van der Waals surface area contributed by atoms with Gasteiger partial charge in [0, 0.05) is 26.4 Å². The first-order valence-electron chi connectivity index (χ1n) is 8.37. The number of rotatable bonds is 6. The molecule has 5 heteroatoms. The molecule has 0 N–H and O–H groups in total. The molecule has 4 nitrogen and oxygen atoms in total. The highest BCUT2D eigenvalue weighted by Gasteiger charge is 2.30. The third kappa shape index (κ3) is 4.66. The Bertz CT molecular complexity index is 744. The lowest BCUT2D eigenvalue weighted by atomic mass is 10.0. The SMILES string of the molecule is CN(CCc1ccccc1)C(=O)[C@@H]1CC(Cc2ccc(F)cc2)=NO1. The van der Waals surface area contributed by atoms with Gasteiger partial charge in [-0.25, -0.2) is 4.39 Å². The van der Waals surface area contributed by atoms with Gasteiger partial charge in [-0.1, -0.05) is 47.6 Å². The summed E-state index contributed by atoms with van der Waals surface area (Å²) in [5.74, 6) is -0.324. The summed E-state index contributed by atoms with van der Waals surface area (Å²) in [5, 5.41) is 4.03. The molecule has 0 fully saturated rings. The summed E-state index contributed by atoms with van der Waals surface area (Å²) in [7, 11) is 1.78. The van der Waals surface area contributed by atoms with Crippen LogP contribution in [0.25, 0.3) is 0 Å². The van der Waals surface area contributed by atoms with Crippen molar-refractivity contribution in [2.75, 3.05) is 13.6 Å². The fourth-order valence-corrected chi connectivity index (χ4v) is 2.80. The normalized spacial score (nSPS) is 16.2. The first-order chi connectivity index (χ1) is 12.1. The Labute approximate surface area is 146 Å². The summed E-state index contributed by atoms with van der Waals surface area (Å²) in [6, 6.07) is 16.3. The molecule has 2 aromatic carbocycles. The van der Waals surface area contributed by atoms with Gasteiger partial charge in [-0.3, -0.25) is 4.79 Å². The number of likely N-dealkylation sites (N-methyl/N-ethyl adjacent to an activating group) is 1. The average Bonchev–Trinajstić information content (AvgIpc) is 3.10. The van der Waals surface area contributed by atoms with E-state index in [1.165, 1.54) is 17.7 Å². The van der Waals surface area contributed by atoms with Crippen molar-refractivity contribution in [3.05, 3.63) is 71.5 Å². The molecule has 2 aromatic rings. The van der Waals surface area contributed by atoms with E-state index in [1.807, 2.05) is 30.3 Å². The lowest BCUT2D eigenvalue weighted by Gasteiger charge is -2.19. The van der Waals surface area contributed by atoms with Gasteiger partial charge in [0.15, 0.2) is 0 Å². The zero-order valence-electron chi connectivity index (χ0n) is 14.2. The predicted molar refractivity (Wildman–Crippen MR) is 94.8 cm³/mol. The van der Waals surface area contributed by atoms with Crippen LogP contribution in [0.1, 0.15) is 17.5 Å². The molecule has 1 heterocycles. The van der Waals surface area contributed by atoms with Crippen LogP contribution in [-0.2, 0) is 22.5 Å². The average molecular weight is 340 g/mol. The summed E-state index contributed by atoms with van der Waals surface area (Å²) in [4.78, 5) is 19.5. The number of carbonyl (C=O) groups is 1. The number of carbonyl (C=O) groups excluding carboxylic acids is 1. The van der Waals surface area contributed by atoms with Gasteiger partial charge in [-0.05, 0) is 29.7 Å². The Balaban J connectivity index is 1.48. The van der Waals surface area contributed by atoms with Crippen molar-refractivity contribution in [3.8, 4) is 0 Å². The second-order valence-electron chi connectivity index (χ2n) is 6.25. The molecule has 0 aliphatic carbocycles. The number of oxime groups is 1. The van der Waals surface area contributed by atoms with Crippen LogP contribution in [0.3, 0.4) is 0 Å². The van der Waals surface area contributed by atoms with Crippen LogP contribution in [0.2, 0.25) is 0 Å². The number of hydrogen-bond donors (Lipinski definition) is 0. The Morgan fingerprint density at radius 1 is 1.16 bits per heavy atom. The maximum Gasteiger partial charge on any atom is 0.266 e. The van der Waals surface area contributed by atoms with Crippen LogP contribution >= 0.6 is 0 Å². The van der Waals surface area contributed by atoms with Gasteiger partial charge in [0.2, 0.25) is 6.10 Å². The van der Waals surface area contributed by atoms with E-state index in [1.54, 1.807) is 24.1 Å². The van der Waals surface area contributed by atoms with E-state index in [4.69, 9.17) is 4.84 Å². The monoisotopic (exact) mass is 340 g/mol. The maximum absolute atomic E-state index is 12.9. The molecule has 0 radical (unpaired) electrons. The highest BCUT2D eigenvalue weighted by atomic mass is 19.1. The van der Waals surface area contributed by atoms with Gasteiger partial charge in [0.05, 0.1) is 5.71 Å². The third-order valence-corrected chi connectivity index (χ3v) is 4.28. The lowest BCUT2D eigenvalue weighted by molar-refractivity contribution is -0.140. The highest BCUT2D eigenvalue weighted by molar-refractivity contribution is 5.93. The lowest BCUT2D eigenvalue weighted by Crippen LogP contribution is -2.37. The summed E-state index contributed by atoms with van der Waals surface area (Å²) in [6.45, 7) is 0.635. The first kappa shape index (κ1) is 17.1. The van der Waals surface area contributed by atoms with Crippen molar-refractivity contribution in [2.45, 2.75) is 25.4 Å². The fourth-order valence-electron chi connectivity index (χ4n) is 2.80. The first-order valence-corrected chi connectivity index (χ1v) is 8.37. The Hall–Kier alpha value is -2.69. The largest absolute Gasteiger partial charge is 0.382 e. The van der Waals surface area contributed by atoms with Crippen LogP contribution < -0.4 is 0 Å². The Kier molecular flexibility index (Phi) is 5.43. The highest BCUT2D eigenvalue weighted by Crippen LogP contribution is 2.17. The molecule has 0 saturated heterocycles. The smallest absolute Gasteiger partial charge is 0.266 e. The number of hydrogen-bond acceptors (Lipinski definition) is 3. The molecule has 25 heavy (non-hydrogen) atoms. The number of nitrogens with zero attached hydrogens (tertiary/aromatic N) is 2. The zero-order valence-corrected chi connectivity index (χ0v) is 14.2. The molecule has 0 saturated carbocycles. The summed E-state index contributed by atoms with van der Waals surface area (Å²) in [5.41, 5.74) is 2.96. The van der Waals surface area contributed by atoms with Gasteiger partial charge in [-0.15, -0.1) is 0 Å². The predicted octanol–water partition coefficient (Wildman–Crippen LogP) is 3.21. The summed E-state index contributed by atoms with van der Waals surface area (Å²) < 4.78 is 12.9. The van der Waals surface area contributed by atoms with E-state index < -0.39 is 6.10 Å². The number of benzene rings is 2. The Morgan fingerprint density at radius 2 is 1.88 bits per heavy atom. The molecule has 3 rings (SSSR count). The topological polar surface area (TPSA) is 41.9 Å². The van der Waals surface area contributed by atoms with Crippen LogP contribution in [-0.4, -0.2) is 36.2 Å². The van der Waals surface area contributed by atoms with Crippen molar-refractivity contribution in [2.24, 2.45) is 5.16 Å². The van der Waals surface area contributed by atoms with Gasteiger partial charge in [0.1, 0.15) is 5.82 Å². The standard InChI is InChI=1S/C20H21FN2O2/c1-23(12-11-15-5-3-2-4-6-15)20(24)19-14-18(22-25-19)13-16-7-9-17(21)10-8-16/h2-10,19H,11-14H2,1H3/t19-/m0/s1. The van der Waals surface area contributed by atoms with E-state index in [-0.39, 0.29) is 11.7 Å². The fraction of sp³-hybridized carbons (Fsp3) is 0.300. The summed E-state index contributed by atoms with van der Waals surface area (Å²) >= 11 is 0. The van der Waals surface area contributed by atoms with Gasteiger partial charge in [-0.2, -0.15) is 0 Å². The minimum atomic E-state index is -0.559. The van der Waals surface area contributed by atoms with E-state index >= 15 is 0 Å². The molecular formula is C20H21FN2O2. The van der Waals surface area contributed by atoms with E-state index in [9.17, 15) is 9.18 Å². The van der Waals surface area contributed by atoms with Gasteiger partial charge < -0.3 is 9.74 Å². The second-order valence-corrected chi connectivity index (χ2v) is 6.25. The molecule has 130 valence electrons. The molecule has 0 aromatic heterocycles. The van der Waals surface area contributed by atoms with E-state index in [2.05, 4.69) is 5.16 Å². The minimum absolute atomic E-state index is 0.0613. The van der Waals surface area contributed by atoms with Crippen molar-refractivity contribution in [1.29, 1.82) is 0 Å². The van der Waals surface area contributed by atoms with Crippen molar-refractivity contribution in [1.82, 2.24) is 4.90 Å². The van der Waals surface area contributed by atoms with Crippen LogP contribution in [0.4, 0.5) is 4.39 Å². The van der Waals surface area contributed by atoms with E-state index in [0.717, 1.165) is 17.7 Å². The van der Waals surface area contributed by atoms with Crippen LogP contribution in [0, 0.1) is 5.82 Å². The number of halogens is 1. The maximum atomic E-state index is 12.9. The molecular weight excluding hydrogens is 319 g/mol. The van der Waals surface area contributed by atoms with E-state index in [0.29, 0.717) is 19.4 Å². The molecule has 0 spiro atoms. The minimum Gasteiger partial charge on any atom is -0.382 e. The molecule has 1 atom stereocenters. The molecule has 1 aliphatic heterocycles. The molecule has 0 unspecified atom stereocenters. The third-order valence-electron chi connectivity index (χ3n) is 4.28. The second kappa shape index (κ2) is 7.92. The van der Waals surface area contributed by atoms with Gasteiger partial charge >= 0.3 is 0 Å². The van der Waals surface area contributed by atoms with Crippen molar-refractivity contribution in [3.63, 3.8) is 0 Å². The van der Waals surface area contributed by atoms with Crippen molar-refractivity contribution < 1.29 is 14.0 Å². The number of amides is 1. The van der Waals surface area contributed by atoms with Gasteiger partial charge in [0.25, 0.3) is 5.91 Å². The Morgan fingerprint density at radius 3 is 2.60 bits per heavy atom. The van der Waals surface area contributed by atoms with Crippen LogP contribution in [0.15, 0.2) is 59.8 Å². The molecule has 0 bridgehead atoms. The van der Waals surface area contributed by atoms with Crippen molar-refractivity contribution >= 4 is 11.6 Å².